The first-order chi connectivity index (χ1) is 13.4. The lowest BCUT2D eigenvalue weighted by atomic mass is 9.95. The maximum absolute atomic E-state index is 10.2. The van der Waals surface area contributed by atoms with Crippen LogP contribution in [0.3, 0.4) is 0 Å². The number of phenolic OH excluding ortho intramolecular Hbond substituents is 1. The van der Waals surface area contributed by atoms with Gasteiger partial charge in [-0.1, -0.05) is 48.0 Å². The van der Waals surface area contributed by atoms with Crippen LogP contribution in [0.2, 0.25) is 0 Å². The first-order valence-corrected chi connectivity index (χ1v) is 9.83. The van der Waals surface area contributed by atoms with Crippen molar-refractivity contribution in [2.45, 2.75) is 40.8 Å². The molecule has 0 atom stereocenters. The van der Waals surface area contributed by atoms with E-state index in [1.165, 1.54) is 33.5 Å². The van der Waals surface area contributed by atoms with Crippen LogP contribution in [0.25, 0.3) is 11.8 Å². The molecule has 1 N–H and O–H groups in total. The molecule has 0 radical (unpaired) electrons. The third-order valence-corrected chi connectivity index (χ3v) is 5.70. The summed E-state index contributed by atoms with van der Waals surface area (Å²) in [5.41, 5.74) is 10.8. The van der Waals surface area contributed by atoms with Crippen LogP contribution in [0, 0.1) is 27.7 Å². The summed E-state index contributed by atoms with van der Waals surface area (Å²) < 4.78 is 0. The van der Waals surface area contributed by atoms with Crippen LogP contribution in [0.1, 0.15) is 44.5 Å². The van der Waals surface area contributed by atoms with Crippen molar-refractivity contribution in [2.24, 2.45) is 0 Å². The van der Waals surface area contributed by atoms with Gasteiger partial charge in [0, 0.05) is 18.8 Å². The van der Waals surface area contributed by atoms with Crippen LogP contribution in [0.5, 0.6) is 5.75 Å². The molecule has 0 unspecified atom stereocenters. The van der Waals surface area contributed by atoms with Crippen LogP contribution < -0.4 is 0 Å². The molecular weight excluding hydrogens is 342 g/mol. The van der Waals surface area contributed by atoms with Crippen molar-refractivity contribution in [1.29, 1.82) is 0 Å². The Morgan fingerprint density at radius 1 is 0.857 bits per heavy atom. The molecule has 1 aliphatic rings. The second kappa shape index (κ2) is 7.20. The second-order valence-electron chi connectivity index (χ2n) is 7.97. The summed E-state index contributed by atoms with van der Waals surface area (Å²) in [5.74, 6) is 0.390. The highest BCUT2D eigenvalue weighted by molar-refractivity contribution is 5.84. The number of hydrogen-bond acceptors (Lipinski definition) is 2. The third-order valence-electron chi connectivity index (χ3n) is 5.70. The number of aryl methyl sites for hydroxylation is 4. The van der Waals surface area contributed by atoms with Crippen molar-refractivity contribution in [3.05, 3.63) is 99.1 Å². The molecule has 3 aromatic rings. The van der Waals surface area contributed by atoms with Gasteiger partial charge in [-0.2, -0.15) is 0 Å². The van der Waals surface area contributed by atoms with Gasteiger partial charge in [-0.3, -0.25) is 0 Å². The smallest absolute Gasteiger partial charge is 0.121 e. The molecular formula is C26H27NO. The van der Waals surface area contributed by atoms with Crippen molar-refractivity contribution in [2.75, 3.05) is 0 Å². The van der Waals surface area contributed by atoms with E-state index in [2.05, 4.69) is 79.4 Å². The van der Waals surface area contributed by atoms with E-state index >= 15 is 0 Å². The first kappa shape index (κ1) is 18.4. The lowest BCUT2D eigenvalue weighted by Crippen LogP contribution is -2.25. The van der Waals surface area contributed by atoms with Gasteiger partial charge in [0.1, 0.15) is 5.75 Å². The fourth-order valence-corrected chi connectivity index (χ4v) is 4.09. The Hall–Kier alpha value is -3.00. The maximum Gasteiger partial charge on any atom is 0.121 e. The highest BCUT2D eigenvalue weighted by Gasteiger charge is 2.21. The fraction of sp³-hybridized carbons (Fsp3) is 0.231. The number of aromatic hydroxyl groups is 1. The minimum atomic E-state index is 0.390. The van der Waals surface area contributed by atoms with E-state index in [1.807, 2.05) is 13.8 Å². The number of benzene rings is 3. The molecule has 0 aliphatic carbocycles. The van der Waals surface area contributed by atoms with Crippen molar-refractivity contribution in [1.82, 2.24) is 4.90 Å². The van der Waals surface area contributed by atoms with E-state index in [4.69, 9.17) is 0 Å². The van der Waals surface area contributed by atoms with Gasteiger partial charge < -0.3 is 10.0 Å². The summed E-state index contributed by atoms with van der Waals surface area (Å²) in [5, 5.41) is 10.2. The van der Waals surface area contributed by atoms with Crippen LogP contribution >= 0.6 is 0 Å². The number of fused-ring (bicyclic) bond motifs is 1. The lowest BCUT2D eigenvalue weighted by molar-refractivity contribution is 0.380. The monoisotopic (exact) mass is 369 g/mol. The Balaban J connectivity index is 1.80. The van der Waals surface area contributed by atoms with Crippen molar-refractivity contribution in [3.8, 4) is 5.75 Å². The second-order valence-corrected chi connectivity index (χ2v) is 7.97. The van der Waals surface area contributed by atoms with Gasteiger partial charge in [0.25, 0.3) is 0 Å². The molecule has 0 saturated carbocycles. The largest absolute Gasteiger partial charge is 0.507 e. The van der Waals surface area contributed by atoms with E-state index < -0.39 is 0 Å². The van der Waals surface area contributed by atoms with Gasteiger partial charge in [-0.15, -0.1) is 0 Å². The van der Waals surface area contributed by atoms with Crippen molar-refractivity contribution >= 4 is 11.8 Å². The average Bonchev–Trinajstić information content (AvgIpc) is 2.67. The summed E-state index contributed by atoms with van der Waals surface area (Å²) >= 11 is 0. The minimum absolute atomic E-state index is 0.390. The predicted octanol–water partition coefficient (Wildman–Crippen LogP) is 6.14. The van der Waals surface area contributed by atoms with Crippen LogP contribution in [-0.4, -0.2) is 10.0 Å². The standard InChI is InChI=1S/C26H27NO/c1-17-9-10-22(18(2)11-17)15-27-16-23-8-6-5-7-21(23)14-25(27)24-12-19(3)26(28)20(4)13-24/h5-14,28H,15-16H2,1-4H3. The molecule has 2 nitrogen and oxygen atoms in total. The zero-order valence-electron chi connectivity index (χ0n) is 17.1. The van der Waals surface area contributed by atoms with E-state index in [0.29, 0.717) is 5.75 Å². The molecule has 4 rings (SSSR count). The van der Waals surface area contributed by atoms with E-state index in [9.17, 15) is 5.11 Å². The SMILES string of the molecule is Cc1ccc(CN2Cc3ccccc3C=C2c2cc(C)c(O)c(C)c2)c(C)c1. The molecule has 0 fully saturated rings. The van der Waals surface area contributed by atoms with Gasteiger partial charge in [0.15, 0.2) is 0 Å². The van der Waals surface area contributed by atoms with Gasteiger partial charge in [0.05, 0.1) is 0 Å². The summed E-state index contributed by atoms with van der Waals surface area (Å²) in [6.45, 7) is 10.0. The number of nitrogens with zero attached hydrogens (tertiary/aromatic N) is 1. The summed E-state index contributed by atoms with van der Waals surface area (Å²) in [6, 6.07) is 19.5. The number of phenols is 1. The van der Waals surface area contributed by atoms with Gasteiger partial charge >= 0.3 is 0 Å². The van der Waals surface area contributed by atoms with Gasteiger partial charge in [-0.25, -0.2) is 0 Å². The van der Waals surface area contributed by atoms with Gasteiger partial charge in [-0.05, 0) is 84.8 Å². The van der Waals surface area contributed by atoms with E-state index in [1.54, 1.807) is 0 Å². The summed E-state index contributed by atoms with van der Waals surface area (Å²) in [6.07, 6.45) is 2.29. The molecule has 0 spiro atoms. The molecule has 2 heteroatoms. The molecule has 0 aromatic heterocycles. The maximum atomic E-state index is 10.2. The van der Waals surface area contributed by atoms with E-state index in [-0.39, 0.29) is 0 Å². The Bertz CT molecular complexity index is 1050. The molecule has 0 amide bonds. The Kier molecular flexibility index (Phi) is 4.72. The highest BCUT2D eigenvalue weighted by atomic mass is 16.3. The zero-order chi connectivity index (χ0) is 19.8. The molecule has 142 valence electrons. The Labute approximate surface area is 167 Å². The molecule has 1 aliphatic heterocycles. The molecule has 28 heavy (non-hydrogen) atoms. The quantitative estimate of drug-likeness (QED) is 0.599. The van der Waals surface area contributed by atoms with Crippen LogP contribution in [0.4, 0.5) is 0 Å². The lowest BCUT2D eigenvalue weighted by Gasteiger charge is -2.33. The first-order valence-electron chi connectivity index (χ1n) is 9.83. The predicted molar refractivity (Wildman–Crippen MR) is 117 cm³/mol. The average molecular weight is 370 g/mol. The van der Waals surface area contributed by atoms with Crippen LogP contribution in [0.15, 0.2) is 54.6 Å². The third kappa shape index (κ3) is 3.43. The van der Waals surface area contributed by atoms with Crippen molar-refractivity contribution in [3.63, 3.8) is 0 Å². The number of hydrogen-bond donors (Lipinski definition) is 1. The summed E-state index contributed by atoms with van der Waals surface area (Å²) in [7, 11) is 0. The molecule has 3 aromatic carbocycles. The normalized spacial score (nSPS) is 13.3. The molecule has 0 bridgehead atoms. The fourth-order valence-electron chi connectivity index (χ4n) is 4.09. The van der Waals surface area contributed by atoms with E-state index in [0.717, 1.165) is 29.8 Å². The van der Waals surface area contributed by atoms with Crippen LogP contribution in [-0.2, 0) is 13.1 Å². The highest BCUT2D eigenvalue weighted by Crippen LogP contribution is 2.35. The minimum Gasteiger partial charge on any atom is -0.507 e. The zero-order valence-corrected chi connectivity index (χ0v) is 17.1. The van der Waals surface area contributed by atoms with Crippen molar-refractivity contribution < 1.29 is 5.11 Å². The molecule has 0 saturated heterocycles. The Morgan fingerprint density at radius 3 is 2.29 bits per heavy atom. The summed E-state index contributed by atoms with van der Waals surface area (Å²) in [4.78, 5) is 2.45. The van der Waals surface area contributed by atoms with Gasteiger partial charge in [0.2, 0.25) is 0 Å². The topological polar surface area (TPSA) is 23.5 Å². The molecule has 1 heterocycles. The number of rotatable bonds is 3. The Morgan fingerprint density at radius 2 is 1.57 bits per heavy atom.